The Kier molecular flexibility index (Phi) is 3.90. The van der Waals surface area contributed by atoms with Crippen LogP contribution in [0, 0.1) is 0 Å². The molecule has 4 heteroatoms. The summed E-state index contributed by atoms with van der Waals surface area (Å²) in [7, 11) is 0. The van der Waals surface area contributed by atoms with Gasteiger partial charge in [-0.1, -0.05) is 24.3 Å². The molecule has 3 rings (SSSR count). The van der Waals surface area contributed by atoms with Gasteiger partial charge in [0.05, 0.1) is 0 Å². The minimum absolute atomic E-state index is 0.275. The lowest BCUT2D eigenvalue weighted by atomic mass is 9.91. The van der Waals surface area contributed by atoms with Gasteiger partial charge in [0.2, 0.25) is 0 Å². The summed E-state index contributed by atoms with van der Waals surface area (Å²) in [5.74, 6) is 0.275. The standard InChI is InChI=1S/C17H20N2O2/c20-16-8-2-1-6-14(16)13-19-11-4-3-9-17(19,21)15-7-5-10-18-12-15/h1-2,5-8,10,12,20-21H,3-4,9,11,13H2/t17-/m1/s1. The summed E-state index contributed by atoms with van der Waals surface area (Å²) in [6.45, 7) is 1.33. The molecule has 0 bridgehead atoms. The number of aromatic nitrogens is 1. The molecule has 1 aromatic heterocycles. The largest absolute Gasteiger partial charge is 0.508 e. The van der Waals surface area contributed by atoms with Gasteiger partial charge < -0.3 is 10.2 Å². The van der Waals surface area contributed by atoms with Crippen molar-refractivity contribution in [1.29, 1.82) is 0 Å². The molecule has 0 radical (unpaired) electrons. The van der Waals surface area contributed by atoms with Crippen LogP contribution in [0.1, 0.15) is 30.4 Å². The van der Waals surface area contributed by atoms with Gasteiger partial charge in [-0.25, -0.2) is 0 Å². The van der Waals surface area contributed by atoms with Crippen LogP contribution in [-0.4, -0.2) is 26.6 Å². The van der Waals surface area contributed by atoms with Crippen molar-refractivity contribution < 1.29 is 10.2 Å². The second-order valence-electron chi connectivity index (χ2n) is 5.57. The van der Waals surface area contributed by atoms with Gasteiger partial charge in [-0.15, -0.1) is 0 Å². The first-order valence-electron chi connectivity index (χ1n) is 7.35. The molecule has 1 aliphatic rings. The summed E-state index contributed by atoms with van der Waals surface area (Å²) in [5, 5.41) is 21.1. The first-order chi connectivity index (χ1) is 10.2. The number of aromatic hydroxyl groups is 1. The van der Waals surface area contributed by atoms with Gasteiger partial charge in [-0.2, -0.15) is 0 Å². The van der Waals surface area contributed by atoms with Crippen molar-refractivity contribution in [2.75, 3.05) is 6.54 Å². The van der Waals surface area contributed by atoms with E-state index in [1.807, 2.05) is 35.2 Å². The fourth-order valence-electron chi connectivity index (χ4n) is 3.00. The number of nitrogens with zero attached hydrogens (tertiary/aromatic N) is 2. The number of pyridine rings is 1. The number of phenols is 1. The maximum Gasteiger partial charge on any atom is 0.146 e. The molecule has 21 heavy (non-hydrogen) atoms. The highest BCUT2D eigenvalue weighted by Gasteiger charge is 2.38. The molecule has 0 aliphatic carbocycles. The van der Waals surface area contributed by atoms with Crippen molar-refractivity contribution >= 4 is 0 Å². The predicted octanol–water partition coefficient (Wildman–Crippen LogP) is 2.62. The first kappa shape index (κ1) is 14.0. The van der Waals surface area contributed by atoms with Crippen molar-refractivity contribution in [3.8, 4) is 5.75 Å². The number of rotatable bonds is 3. The van der Waals surface area contributed by atoms with E-state index in [0.717, 1.165) is 30.5 Å². The molecule has 1 aliphatic heterocycles. The molecule has 1 aromatic carbocycles. The Labute approximate surface area is 124 Å². The van der Waals surface area contributed by atoms with E-state index in [1.54, 1.807) is 18.5 Å². The Morgan fingerprint density at radius 2 is 2.00 bits per heavy atom. The molecule has 2 aromatic rings. The van der Waals surface area contributed by atoms with Crippen LogP contribution < -0.4 is 0 Å². The number of piperidine rings is 1. The van der Waals surface area contributed by atoms with Gasteiger partial charge in [0.25, 0.3) is 0 Å². The van der Waals surface area contributed by atoms with E-state index in [0.29, 0.717) is 13.0 Å². The van der Waals surface area contributed by atoms with E-state index in [-0.39, 0.29) is 5.75 Å². The lowest BCUT2D eigenvalue weighted by Crippen LogP contribution is -2.48. The number of aliphatic hydroxyl groups is 1. The quantitative estimate of drug-likeness (QED) is 0.909. The molecule has 1 saturated heterocycles. The molecular weight excluding hydrogens is 264 g/mol. The number of likely N-dealkylation sites (tertiary alicyclic amines) is 1. The number of para-hydroxylation sites is 1. The molecule has 2 N–H and O–H groups in total. The minimum Gasteiger partial charge on any atom is -0.508 e. The predicted molar refractivity (Wildman–Crippen MR) is 80.5 cm³/mol. The smallest absolute Gasteiger partial charge is 0.146 e. The highest BCUT2D eigenvalue weighted by molar-refractivity contribution is 5.32. The molecule has 1 fully saturated rings. The number of phenolic OH excluding ortho intramolecular Hbond substituents is 1. The van der Waals surface area contributed by atoms with E-state index in [9.17, 15) is 10.2 Å². The number of hydrogen-bond donors (Lipinski definition) is 2. The minimum atomic E-state index is -1.01. The maximum absolute atomic E-state index is 11.2. The number of hydrogen-bond acceptors (Lipinski definition) is 4. The Balaban J connectivity index is 1.90. The summed E-state index contributed by atoms with van der Waals surface area (Å²) in [6, 6.07) is 11.1. The van der Waals surface area contributed by atoms with Gasteiger partial charge in [-0.3, -0.25) is 9.88 Å². The third-order valence-electron chi connectivity index (χ3n) is 4.20. The molecule has 4 nitrogen and oxygen atoms in total. The molecule has 0 saturated carbocycles. The summed E-state index contributed by atoms with van der Waals surface area (Å²) < 4.78 is 0. The van der Waals surface area contributed by atoms with E-state index in [1.165, 1.54) is 0 Å². The first-order valence-corrected chi connectivity index (χ1v) is 7.35. The normalized spacial score (nSPS) is 23.1. The van der Waals surface area contributed by atoms with E-state index in [4.69, 9.17) is 0 Å². The lowest BCUT2D eigenvalue weighted by Gasteiger charge is -2.43. The van der Waals surface area contributed by atoms with Gasteiger partial charge in [0.15, 0.2) is 0 Å². The van der Waals surface area contributed by atoms with Crippen LogP contribution in [0.3, 0.4) is 0 Å². The van der Waals surface area contributed by atoms with Crippen LogP contribution in [0.5, 0.6) is 5.75 Å². The summed E-state index contributed by atoms with van der Waals surface area (Å²) in [4.78, 5) is 6.16. The summed E-state index contributed by atoms with van der Waals surface area (Å²) in [5.41, 5.74) is 0.649. The van der Waals surface area contributed by atoms with Crippen molar-refractivity contribution in [3.63, 3.8) is 0 Å². The average Bonchev–Trinajstić information content (AvgIpc) is 2.53. The number of benzene rings is 1. The second kappa shape index (κ2) is 5.84. The molecular formula is C17H20N2O2. The van der Waals surface area contributed by atoms with Crippen molar-refractivity contribution in [2.24, 2.45) is 0 Å². The molecule has 110 valence electrons. The van der Waals surface area contributed by atoms with Gasteiger partial charge in [0.1, 0.15) is 11.5 Å². The van der Waals surface area contributed by atoms with Crippen LogP contribution in [0.4, 0.5) is 0 Å². The van der Waals surface area contributed by atoms with Crippen LogP contribution in [0.2, 0.25) is 0 Å². The van der Waals surface area contributed by atoms with E-state index < -0.39 is 5.72 Å². The summed E-state index contributed by atoms with van der Waals surface area (Å²) in [6.07, 6.45) is 6.16. The van der Waals surface area contributed by atoms with Crippen LogP contribution in [0.25, 0.3) is 0 Å². The summed E-state index contributed by atoms with van der Waals surface area (Å²) >= 11 is 0. The molecule has 0 spiro atoms. The topological polar surface area (TPSA) is 56.6 Å². The SMILES string of the molecule is Oc1ccccc1CN1CCCC[C@@]1(O)c1cccnc1. The van der Waals surface area contributed by atoms with Crippen molar-refractivity contribution in [3.05, 3.63) is 59.9 Å². The van der Waals surface area contributed by atoms with Crippen LogP contribution >= 0.6 is 0 Å². The fraction of sp³-hybridized carbons (Fsp3) is 0.353. The Morgan fingerprint density at radius 1 is 1.14 bits per heavy atom. The maximum atomic E-state index is 11.2. The van der Waals surface area contributed by atoms with Crippen LogP contribution in [0.15, 0.2) is 48.8 Å². The van der Waals surface area contributed by atoms with Gasteiger partial charge in [-0.05, 0) is 31.4 Å². The highest BCUT2D eigenvalue weighted by Crippen LogP contribution is 2.36. The second-order valence-corrected chi connectivity index (χ2v) is 5.57. The average molecular weight is 284 g/mol. The Hall–Kier alpha value is -1.91. The van der Waals surface area contributed by atoms with E-state index in [2.05, 4.69) is 4.98 Å². The fourth-order valence-corrected chi connectivity index (χ4v) is 3.00. The Bertz CT molecular complexity index is 603. The van der Waals surface area contributed by atoms with Crippen molar-refractivity contribution in [1.82, 2.24) is 9.88 Å². The third-order valence-corrected chi connectivity index (χ3v) is 4.20. The molecule has 1 atom stereocenters. The van der Waals surface area contributed by atoms with Crippen molar-refractivity contribution in [2.45, 2.75) is 31.5 Å². The molecule has 0 unspecified atom stereocenters. The van der Waals surface area contributed by atoms with Gasteiger partial charge in [0, 0.05) is 36.6 Å². The van der Waals surface area contributed by atoms with Gasteiger partial charge >= 0.3 is 0 Å². The molecule has 0 amide bonds. The Morgan fingerprint density at radius 3 is 2.76 bits per heavy atom. The molecule has 2 heterocycles. The lowest BCUT2D eigenvalue weighted by molar-refractivity contribution is -0.145. The zero-order chi connectivity index (χ0) is 14.7. The monoisotopic (exact) mass is 284 g/mol. The third kappa shape index (κ3) is 2.77. The zero-order valence-electron chi connectivity index (χ0n) is 11.9. The highest BCUT2D eigenvalue weighted by atomic mass is 16.3. The van der Waals surface area contributed by atoms with Crippen LogP contribution in [-0.2, 0) is 12.3 Å². The zero-order valence-corrected chi connectivity index (χ0v) is 11.9. The van der Waals surface area contributed by atoms with E-state index >= 15 is 0 Å².